The molecular formula is C20H21N3O3S. The highest BCUT2D eigenvalue weighted by molar-refractivity contribution is 7.89. The summed E-state index contributed by atoms with van der Waals surface area (Å²) in [6.45, 7) is 4.18. The molecule has 3 rings (SSSR count). The maximum absolute atomic E-state index is 12.2. The number of carbonyl (C=O) groups excluding carboxylic acids is 1. The van der Waals surface area contributed by atoms with Gasteiger partial charge in [-0.1, -0.05) is 26.0 Å². The van der Waals surface area contributed by atoms with Crippen molar-refractivity contribution >= 4 is 21.6 Å². The van der Waals surface area contributed by atoms with E-state index in [2.05, 4.69) is 25.2 Å². The summed E-state index contributed by atoms with van der Waals surface area (Å²) in [6.07, 6.45) is 1.72. The molecule has 0 radical (unpaired) electrons. The quantitative estimate of drug-likeness (QED) is 0.848. The number of benzene rings is 2. The number of fused-ring (bicyclic) bond motifs is 1. The van der Waals surface area contributed by atoms with Crippen LogP contribution >= 0.6 is 0 Å². The lowest BCUT2D eigenvalue weighted by molar-refractivity contribution is 0.0981. The number of hydrogen-bond donors (Lipinski definition) is 2. The van der Waals surface area contributed by atoms with Crippen LogP contribution in [0.3, 0.4) is 0 Å². The Labute approximate surface area is 159 Å². The lowest BCUT2D eigenvalue weighted by atomic mass is 9.73. The van der Waals surface area contributed by atoms with Crippen LogP contribution in [0.2, 0.25) is 0 Å². The van der Waals surface area contributed by atoms with Crippen LogP contribution in [-0.4, -0.2) is 20.6 Å². The lowest BCUT2D eigenvalue weighted by Gasteiger charge is -2.39. The molecule has 0 saturated carbocycles. The van der Waals surface area contributed by atoms with Gasteiger partial charge < -0.3 is 5.32 Å². The third-order valence-electron chi connectivity index (χ3n) is 4.75. The van der Waals surface area contributed by atoms with Crippen molar-refractivity contribution in [1.29, 1.82) is 5.26 Å². The zero-order chi connectivity index (χ0) is 19.8. The Kier molecular flexibility index (Phi) is 4.70. The first kappa shape index (κ1) is 18.9. The van der Waals surface area contributed by atoms with Crippen molar-refractivity contribution in [2.45, 2.75) is 31.7 Å². The Morgan fingerprint density at radius 2 is 2.00 bits per heavy atom. The number of hydrogen-bond acceptors (Lipinski definition) is 5. The number of nitrogens with zero attached hydrogens (tertiary/aromatic N) is 1. The van der Waals surface area contributed by atoms with Gasteiger partial charge >= 0.3 is 0 Å². The molecule has 1 amide bonds. The smallest absolute Gasteiger partial charge is 0.264 e. The molecule has 0 aromatic heterocycles. The summed E-state index contributed by atoms with van der Waals surface area (Å²) >= 11 is 0. The summed E-state index contributed by atoms with van der Waals surface area (Å²) in [6, 6.07) is 14.9. The first-order chi connectivity index (χ1) is 12.6. The van der Waals surface area contributed by atoms with E-state index in [-0.39, 0.29) is 11.5 Å². The summed E-state index contributed by atoms with van der Waals surface area (Å²) in [5, 5.41) is 12.6. The molecular weight excluding hydrogens is 362 g/mol. The van der Waals surface area contributed by atoms with Gasteiger partial charge in [0.2, 0.25) is 10.0 Å². The number of nitriles is 1. The topological polar surface area (TPSA) is 99.1 Å². The molecule has 2 aromatic rings. The molecule has 1 atom stereocenters. The molecule has 0 spiro atoms. The van der Waals surface area contributed by atoms with Crippen LogP contribution in [0.15, 0.2) is 42.5 Å². The van der Waals surface area contributed by atoms with E-state index in [9.17, 15) is 13.2 Å². The van der Waals surface area contributed by atoms with Gasteiger partial charge in [0.25, 0.3) is 5.91 Å². The van der Waals surface area contributed by atoms with Gasteiger partial charge in [-0.05, 0) is 53.3 Å². The van der Waals surface area contributed by atoms with E-state index < -0.39 is 15.9 Å². The molecule has 0 aliphatic carbocycles. The molecule has 1 aliphatic rings. The molecule has 1 unspecified atom stereocenters. The summed E-state index contributed by atoms with van der Waals surface area (Å²) in [5.41, 5.74) is 3.57. The molecule has 140 valence electrons. The minimum atomic E-state index is -3.61. The number of anilines is 1. The third kappa shape index (κ3) is 4.12. The van der Waals surface area contributed by atoms with Crippen molar-refractivity contribution in [3.8, 4) is 6.07 Å². The minimum absolute atomic E-state index is 0.0384. The average Bonchev–Trinajstić information content (AvgIpc) is 2.59. The second-order valence-electron chi connectivity index (χ2n) is 7.49. The molecule has 2 N–H and O–H groups in total. The van der Waals surface area contributed by atoms with E-state index in [0.717, 1.165) is 29.5 Å². The van der Waals surface area contributed by atoms with Crippen molar-refractivity contribution in [1.82, 2.24) is 4.72 Å². The van der Waals surface area contributed by atoms with Crippen LogP contribution in [0.4, 0.5) is 5.69 Å². The normalized spacial score (nSPS) is 17.9. The molecule has 6 nitrogen and oxygen atoms in total. The Morgan fingerprint density at radius 1 is 1.26 bits per heavy atom. The Balaban J connectivity index is 1.95. The van der Waals surface area contributed by atoms with E-state index in [4.69, 9.17) is 5.26 Å². The maximum atomic E-state index is 12.2. The fourth-order valence-corrected chi connectivity index (χ4v) is 3.94. The largest absolute Gasteiger partial charge is 0.378 e. The summed E-state index contributed by atoms with van der Waals surface area (Å²) in [7, 11) is -3.61. The SMILES string of the molecule is CC1(C)CC(c2cccc(C#N)c2)Nc2ccc(C(=O)NS(C)(=O)=O)cc21. The number of amides is 1. The van der Waals surface area contributed by atoms with E-state index in [1.807, 2.05) is 22.9 Å². The van der Waals surface area contributed by atoms with Crippen LogP contribution in [-0.2, 0) is 15.4 Å². The van der Waals surface area contributed by atoms with E-state index in [1.54, 1.807) is 24.3 Å². The molecule has 0 saturated heterocycles. The zero-order valence-electron chi connectivity index (χ0n) is 15.4. The molecule has 2 aromatic carbocycles. The summed E-state index contributed by atoms with van der Waals surface area (Å²) in [4.78, 5) is 12.2. The van der Waals surface area contributed by atoms with Gasteiger partial charge in [0, 0.05) is 11.3 Å². The van der Waals surface area contributed by atoms with Gasteiger partial charge in [-0.3, -0.25) is 4.79 Å². The van der Waals surface area contributed by atoms with Crippen LogP contribution in [0.25, 0.3) is 0 Å². The summed E-state index contributed by atoms with van der Waals surface area (Å²) in [5.74, 6) is -0.639. The Hall–Kier alpha value is -2.85. The van der Waals surface area contributed by atoms with Crippen LogP contribution in [0, 0.1) is 11.3 Å². The van der Waals surface area contributed by atoms with Gasteiger partial charge in [-0.25, -0.2) is 13.1 Å². The van der Waals surface area contributed by atoms with Gasteiger partial charge in [0.15, 0.2) is 0 Å². The predicted molar refractivity (Wildman–Crippen MR) is 104 cm³/mol. The zero-order valence-corrected chi connectivity index (χ0v) is 16.2. The van der Waals surface area contributed by atoms with E-state index in [0.29, 0.717) is 11.1 Å². The van der Waals surface area contributed by atoms with E-state index in [1.165, 1.54) is 0 Å². The monoisotopic (exact) mass is 383 g/mol. The highest BCUT2D eigenvalue weighted by atomic mass is 32.2. The van der Waals surface area contributed by atoms with E-state index >= 15 is 0 Å². The number of sulfonamides is 1. The molecule has 0 bridgehead atoms. The second-order valence-corrected chi connectivity index (χ2v) is 9.23. The third-order valence-corrected chi connectivity index (χ3v) is 5.31. The fourth-order valence-electron chi connectivity index (χ4n) is 3.48. The maximum Gasteiger partial charge on any atom is 0.264 e. The predicted octanol–water partition coefficient (Wildman–Crippen LogP) is 3.08. The second kappa shape index (κ2) is 6.71. The minimum Gasteiger partial charge on any atom is -0.378 e. The average molecular weight is 383 g/mol. The van der Waals surface area contributed by atoms with Crippen molar-refractivity contribution in [2.24, 2.45) is 0 Å². The number of rotatable bonds is 3. The van der Waals surface area contributed by atoms with Crippen LogP contribution in [0.5, 0.6) is 0 Å². The van der Waals surface area contributed by atoms with Crippen molar-refractivity contribution in [2.75, 3.05) is 11.6 Å². The Bertz CT molecular complexity index is 1050. The van der Waals surface area contributed by atoms with Crippen LogP contribution in [0.1, 0.15) is 53.4 Å². The van der Waals surface area contributed by atoms with Crippen molar-refractivity contribution in [3.63, 3.8) is 0 Å². The molecule has 7 heteroatoms. The van der Waals surface area contributed by atoms with Gasteiger partial charge in [0.05, 0.1) is 23.9 Å². The molecule has 1 aliphatic heterocycles. The first-order valence-corrected chi connectivity index (χ1v) is 10.4. The number of carbonyl (C=O) groups is 1. The highest BCUT2D eigenvalue weighted by Crippen LogP contribution is 2.44. The standard InChI is InChI=1S/C20H21N3O3S/c1-20(2)11-18(14-6-4-5-13(9-14)12-21)22-17-8-7-15(10-16(17)20)19(24)23-27(3,25)26/h4-10,18,22H,11H2,1-3H3,(H,23,24). The van der Waals surface area contributed by atoms with Crippen LogP contribution < -0.4 is 10.0 Å². The number of nitrogens with one attached hydrogen (secondary N) is 2. The molecule has 1 heterocycles. The lowest BCUT2D eigenvalue weighted by Crippen LogP contribution is -2.33. The Morgan fingerprint density at radius 3 is 2.67 bits per heavy atom. The summed E-state index contributed by atoms with van der Waals surface area (Å²) < 4.78 is 24.6. The van der Waals surface area contributed by atoms with Crippen molar-refractivity contribution in [3.05, 3.63) is 64.7 Å². The van der Waals surface area contributed by atoms with Crippen molar-refractivity contribution < 1.29 is 13.2 Å². The highest BCUT2D eigenvalue weighted by Gasteiger charge is 2.34. The van der Waals surface area contributed by atoms with Gasteiger partial charge in [-0.2, -0.15) is 5.26 Å². The van der Waals surface area contributed by atoms with Gasteiger partial charge in [0.1, 0.15) is 0 Å². The molecule has 0 fully saturated rings. The first-order valence-electron chi connectivity index (χ1n) is 8.52. The molecule has 27 heavy (non-hydrogen) atoms. The van der Waals surface area contributed by atoms with Gasteiger partial charge in [-0.15, -0.1) is 0 Å². The fraction of sp³-hybridized carbons (Fsp3) is 0.300.